The Labute approximate surface area is 167 Å². The van der Waals surface area contributed by atoms with E-state index >= 15 is 0 Å². The van der Waals surface area contributed by atoms with Gasteiger partial charge in [0.15, 0.2) is 0 Å². The topological polar surface area (TPSA) is 96.7 Å². The van der Waals surface area contributed by atoms with Crippen LogP contribution in [-0.2, 0) is 0 Å². The summed E-state index contributed by atoms with van der Waals surface area (Å²) >= 11 is 12.0. The molecule has 27 heavy (non-hydrogen) atoms. The smallest absolute Gasteiger partial charge is 0.268 e. The van der Waals surface area contributed by atoms with E-state index in [0.29, 0.717) is 21.6 Å². The second kappa shape index (κ2) is 8.08. The fourth-order valence-corrected chi connectivity index (χ4v) is 3.41. The number of halogens is 2. The fourth-order valence-electron chi connectivity index (χ4n) is 3.06. The van der Waals surface area contributed by atoms with Crippen LogP contribution in [0.1, 0.15) is 33.4 Å². The first-order chi connectivity index (χ1) is 12.9. The van der Waals surface area contributed by atoms with Gasteiger partial charge in [-0.2, -0.15) is 0 Å². The molecule has 2 aromatic heterocycles. The SMILES string of the molecule is Cc1[nH]c(C(=O)N[C@H](CN)c2cccc(Cl)c2)c(C)c1-c1cc(Cl)ncn1. The van der Waals surface area contributed by atoms with Gasteiger partial charge in [0.1, 0.15) is 17.2 Å². The van der Waals surface area contributed by atoms with Gasteiger partial charge in [-0.3, -0.25) is 4.79 Å². The first-order valence-corrected chi connectivity index (χ1v) is 9.09. The summed E-state index contributed by atoms with van der Waals surface area (Å²) in [4.78, 5) is 24.2. The number of hydrogen-bond donors (Lipinski definition) is 3. The lowest BCUT2D eigenvalue weighted by Crippen LogP contribution is -2.34. The summed E-state index contributed by atoms with van der Waals surface area (Å²) in [6.07, 6.45) is 1.40. The van der Waals surface area contributed by atoms with Crippen molar-refractivity contribution in [1.29, 1.82) is 0 Å². The Bertz CT molecular complexity index is 986. The number of H-pyrrole nitrogens is 1. The fraction of sp³-hybridized carbons (Fsp3) is 0.211. The van der Waals surface area contributed by atoms with Crippen molar-refractivity contribution in [2.75, 3.05) is 6.54 Å². The number of aromatic amines is 1. The largest absolute Gasteiger partial charge is 0.354 e. The Morgan fingerprint density at radius 3 is 2.70 bits per heavy atom. The van der Waals surface area contributed by atoms with Crippen LogP contribution in [-0.4, -0.2) is 27.4 Å². The van der Waals surface area contributed by atoms with Crippen molar-refractivity contribution in [2.45, 2.75) is 19.9 Å². The van der Waals surface area contributed by atoms with Gasteiger partial charge >= 0.3 is 0 Å². The van der Waals surface area contributed by atoms with Crippen LogP contribution in [0.3, 0.4) is 0 Å². The van der Waals surface area contributed by atoms with Gasteiger partial charge < -0.3 is 16.0 Å². The maximum Gasteiger partial charge on any atom is 0.268 e. The van der Waals surface area contributed by atoms with Gasteiger partial charge in [-0.05, 0) is 37.1 Å². The Morgan fingerprint density at radius 2 is 2.04 bits per heavy atom. The second-order valence-corrected chi connectivity index (χ2v) is 6.99. The molecule has 0 aliphatic heterocycles. The zero-order valence-electron chi connectivity index (χ0n) is 14.9. The van der Waals surface area contributed by atoms with Gasteiger partial charge in [-0.15, -0.1) is 0 Å². The number of aryl methyl sites for hydroxylation is 1. The van der Waals surface area contributed by atoms with E-state index in [4.69, 9.17) is 28.9 Å². The number of hydrogen-bond acceptors (Lipinski definition) is 4. The number of nitrogens with one attached hydrogen (secondary N) is 2. The van der Waals surface area contributed by atoms with Crippen LogP contribution in [0.5, 0.6) is 0 Å². The van der Waals surface area contributed by atoms with E-state index in [1.165, 1.54) is 6.33 Å². The molecular formula is C19H19Cl2N5O. The van der Waals surface area contributed by atoms with E-state index < -0.39 is 0 Å². The maximum atomic E-state index is 12.9. The van der Waals surface area contributed by atoms with Gasteiger partial charge in [0.05, 0.1) is 11.7 Å². The summed E-state index contributed by atoms with van der Waals surface area (Å²) in [5, 5.41) is 3.89. The van der Waals surface area contributed by atoms with E-state index in [2.05, 4.69) is 20.3 Å². The lowest BCUT2D eigenvalue weighted by Gasteiger charge is -2.17. The molecule has 0 aliphatic rings. The highest BCUT2D eigenvalue weighted by molar-refractivity contribution is 6.30. The van der Waals surface area contributed by atoms with Gasteiger partial charge in [0, 0.05) is 28.9 Å². The predicted octanol–water partition coefficient (Wildman–Crippen LogP) is 3.83. The van der Waals surface area contributed by atoms with Crippen LogP contribution >= 0.6 is 23.2 Å². The van der Waals surface area contributed by atoms with E-state index in [1.807, 2.05) is 26.0 Å². The molecule has 2 heterocycles. The third-order valence-electron chi connectivity index (χ3n) is 4.35. The number of carbonyl (C=O) groups is 1. The lowest BCUT2D eigenvalue weighted by molar-refractivity contribution is 0.0932. The number of rotatable bonds is 5. The second-order valence-electron chi connectivity index (χ2n) is 6.17. The van der Waals surface area contributed by atoms with Crippen LogP contribution in [0.4, 0.5) is 0 Å². The molecule has 0 bridgehead atoms. The van der Waals surface area contributed by atoms with Gasteiger partial charge in [-0.1, -0.05) is 35.3 Å². The van der Waals surface area contributed by atoms with Crippen LogP contribution < -0.4 is 11.1 Å². The Hall–Kier alpha value is -2.41. The third-order valence-corrected chi connectivity index (χ3v) is 4.79. The van der Waals surface area contributed by atoms with Crippen LogP contribution in [0.15, 0.2) is 36.7 Å². The van der Waals surface area contributed by atoms with E-state index in [9.17, 15) is 4.79 Å². The molecule has 0 saturated carbocycles. The van der Waals surface area contributed by atoms with Crippen molar-refractivity contribution >= 4 is 29.1 Å². The molecule has 6 nitrogen and oxygen atoms in total. The average Bonchev–Trinajstić information content (AvgIpc) is 2.94. The molecule has 1 amide bonds. The molecule has 1 atom stereocenters. The summed E-state index contributed by atoms with van der Waals surface area (Å²) in [6.45, 7) is 3.99. The van der Waals surface area contributed by atoms with Crippen molar-refractivity contribution in [3.63, 3.8) is 0 Å². The zero-order chi connectivity index (χ0) is 19.6. The average molecular weight is 404 g/mol. The van der Waals surface area contributed by atoms with Crippen LogP contribution in [0.2, 0.25) is 10.2 Å². The maximum absolute atomic E-state index is 12.9. The van der Waals surface area contributed by atoms with E-state index in [1.54, 1.807) is 18.2 Å². The third kappa shape index (κ3) is 4.13. The lowest BCUT2D eigenvalue weighted by atomic mass is 10.0. The van der Waals surface area contributed by atoms with Crippen LogP contribution in [0.25, 0.3) is 11.3 Å². The Morgan fingerprint density at radius 1 is 1.26 bits per heavy atom. The summed E-state index contributed by atoms with van der Waals surface area (Å²) in [6, 6.07) is 8.59. The van der Waals surface area contributed by atoms with Crippen molar-refractivity contribution < 1.29 is 4.79 Å². The number of carbonyl (C=O) groups excluding carboxylic acids is 1. The van der Waals surface area contributed by atoms with Crippen molar-refractivity contribution in [3.8, 4) is 11.3 Å². The minimum Gasteiger partial charge on any atom is -0.354 e. The number of nitrogens with two attached hydrogens (primary N) is 1. The summed E-state index contributed by atoms with van der Waals surface area (Å²) in [5.74, 6) is -0.252. The van der Waals surface area contributed by atoms with Gasteiger partial charge in [0.25, 0.3) is 5.91 Å². The van der Waals surface area contributed by atoms with Crippen molar-refractivity contribution in [3.05, 3.63) is 69.3 Å². The minimum atomic E-state index is -0.351. The molecule has 0 saturated heterocycles. The summed E-state index contributed by atoms with van der Waals surface area (Å²) in [7, 11) is 0. The summed E-state index contributed by atoms with van der Waals surface area (Å²) < 4.78 is 0. The Kier molecular flexibility index (Phi) is 5.79. The molecule has 4 N–H and O–H groups in total. The first-order valence-electron chi connectivity index (χ1n) is 8.34. The highest BCUT2D eigenvalue weighted by Gasteiger charge is 2.22. The van der Waals surface area contributed by atoms with Crippen molar-refractivity contribution in [1.82, 2.24) is 20.3 Å². The Balaban J connectivity index is 1.90. The molecule has 140 valence electrons. The molecule has 3 rings (SSSR count). The normalized spacial score (nSPS) is 12.0. The number of nitrogens with zero attached hydrogens (tertiary/aromatic N) is 2. The first kappa shape index (κ1) is 19.4. The molecular weight excluding hydrogens is 385 g/mol. The standard InChI is InChI=1S/C19H19Cl2N5O/c1-10-17(14-7-16(21)24-9-23-14)11(2)25-18(10)19(27)26-15(8-22)12-4-3-5-13(20)6-12/h3-7,9,15,25H,8,22H2,1-2H3,(H,26,27)/t15-/m1/s1. The monoisotopic (exact) mass is 403 g/mol. The molecule has 0 spiro atoms. The molecule has 0 radical (unpaired) electrons. The van der Waals surface area contributed by atoms with Gasteiger partial charge in [0.2, 0.25) is 0 Å². The number of amides is 1. The number of aromatic nitrogens is 3. The highest BCUT2D eigenvalue weighted by Crippen LogP contribution is 2.29. The molecule has 0 aliphatic carbocycles. The van der Waals surface area contributed by atoms with E-state index in [-0.39, 0.29) is 18.5 Å². The molecule has 0 fully saturated rings. The quantitative estimate of drug-likeness (QED) is 0.563. The molecule has 1 aromatic carbocycles. The molecule has 3 aromatic rings. The minimum absolute atomic E-state index is 0.249. The number of benzene rings is 1. The predicted molar refractivity (Wildman–Crippen MR) is 107 cm³/mol. The van der Waals surface area contributed by atoms with Crippen molar-refractivity contribution in [2.24, 2.45) is 5.73 Å². The van der Waals surface area contributed by atoms with E-state index in [0.717, 1.165) is 22.4 Å². The molecule has 8 heteroatoms. The molecule has 0 unspecified atom stereocenters. The van der Waals surface area contributed by atoms with Gasteiger partial charge in [-0.25, -0.2) is 9.97 Å². The van der Waals surface area contributed by atoms with Crippen LogP contribution in [0, 0.1) is 13.8 Å². The zero-order valence-corrected chi connectivity index (χ0v) is 16.4. The highest BCUT2D eigenvalue weighted by atomic mass is 35.5. The summed E-state index contributed by atoms with van der Waals surface area (Å²) in [5.41, 5.74) is 10.3.